The van der Waals surface area contributed by atoms with Crippen molar-refractivity contribution in [2.75, 3.05) is 22.6 Å². The highest BCUT2D eigenvalue weighted by Crippen LogP contribution is 2.35. The van der Waals surface area contributed by atoms with Crippen molar-refractivity contribution in [1.29, 1.82) is 0 Å². The van der Waals surface area contributed by atoms with Crippen LogP contribution in [0.3, 0.4) is 0 Å². The molecule has 0 unspecified atom stereocenters. The van der Waals surface area contributed by atoms with E-state index in [2.05, 4.69) is 5.32 Å². The number of carbonyl (C=O) groups excluding carboxylic acids is 1. The quantitative estimate of drug-likeness (QED) is 0.891. The zero-order valence-corrected chi connectivity index (χ0v) is 11.8. The molecule has 21 heavy (non-hydrogen) atoms. The molecule has 1 aliphatic heterocycles. The summed E-state index contributed by atoms with van der Waals surface area (Å²) in [4.78, 5) is 12.2. The number of hydrogen-bond donors (Lipinski definition) is 2. The number of urea groups is 1. The van der Waals surface area contributed by atoms with E-state index in [-0.39, 0.29) is 0 Å². The van der Waals surface area contributed by atoms with E-state index in [1.807, 2.05) is 0 Å². The van der Waals surface area contributed by atoms with Gasteiger partial charge in [-0.25, -0.2) is 4.79 Å². The first-order chi connectivity index (χ1) is 10.1. The molecule has 7 heteroatoms. The summed E-state index contributed by atoms with van der Waals surface area (Å²) in [5.41, 5.74) is 1.40. The molecule has 2 N–H and O–H groups in total. The van der Waals surface area contributed by atoms with Gasteiger partial charge in [0.1, 0.15) is 11.4 Å². The average molecular weight is 306 g/mol. The van der Waals surface area contributed by atoms with Crippen LogP contribution in [0.1, 0.15) is 0 Å². The van der Waals surface area contributed by atoms with Crippen molar-refractivity contribution in [3.05, 3.63) is 47.5 Å². The molecule has 0 radical (unpaired) electrons. The van der Waals surface area contributed by atoms with Crippen molar-refractivity contribution in [1.82, 2.24) is 0 Å². The first-order valence-corrected chi connectivity index (χ1v) is 6.52. The number of hydrazine groups is 1. The molecule has 1 heterocycles. The molecule has 0 bridgehead atoms. The molecular formula is C14H12ClN3O3. The summed E-state index contributed by atoms with van der Waals surface area (Å²) < 4.78 is 5.07. The molecule has 0 saturated heterocycles. The van der Waals surface area contributed by atoms with Crippen LogP contribution in [0, 0.1) is 0 Å². The molecule has 0 aromatic heterocycles. The first kappa shape index (κ1) is 13.5. The fraction of sp³-hybridized carbons (Fsp3) is 0.0714. The molecule has 0 spiro atoms. The van der Waals surface area contributed by atoms with Crippen molar-refractivity contribution in [3.63, 3.8) is 0 Å². The number of rotatable bonds is 2. The number of nitrogens with zero attached hydrogens (tertiary/aromatic N) is 2. The van der Waals surface area contributed by atoms with E-state index in [1.54, 1.807) is 36.4 Å². The normalized spacial score (nSPS) is 13.8. The van der Waals surface area contributed by atoms with Crippen LogP contribution in [0.25, 0.3) is 0 Å². The van der Waals surface area contributed by atoms with Crippen LogP contribution in [0.5, 0.6) is 5.75 Å². The van der Waals surface area contributed by atoms with Gasteiger partial charge in [-0.05, 0) is 30.3 Å². The van der Waals surface area contributed by atoms with Crippen LogP contribution < -0.4 is 20.2 Å². The van der Waals surface area contributed by atoms with Gasteiger partial charge in [-0.1, -0.05) is 23.7 Å². The topological polar surface area (TPSA) is 65.0 Å². The molecule has 0 atom stereocenters. The first-order valence-electron chi connectivity index (χ1n) is 6.14. The van der Waals surface area contributed by atoms with E-state index in [0.717, 1.165) is 10.2 Å². The second kappa shape index (κ2) is 5.16. The zero-order chi connectivity index (χ0) is 15.0. The lowest BCUT2D eigenvalue weighted by molar-refractivity contribution is 0.221. The highest BCUT2D eigenvalue weighted by Gasteiger charge is 2.30. The number of methoxy groups -OCH3 is 1. The van der Waals surface area contributed by atoms with Gasteiger partial charge in [-0.2, -0.15) is 10.2 Å². The zero-order valence-electron chi connectivity index (χ0n) is 11.1. The second-order valence-electron chi connectivity index (χ2n) is 4.37. The fourth-order valence-corrected chi connectivity index (χ4v) is 2.38. The predicted molar refractivity (Wildman–Crippen MR) is 80.2 cm³/mol. The van der Waals surface area contributed by atoms with E-state index in [4.69, 9.17) is 16.3 Å². The van der Waals surface area contributed by atoms with Crippen molar-refractivity contribution in [2.24, 2.45) is 0 Å². The van der Waals surface area contributed by atoms with Crippen molar-refractivity contribution >= 4 is 34.7 Å². The number of para-hydroxylation sites is 2. The minimum Gasteiger partial charge on any atom is -0.495 e. The fourth-order valence-electron chi connectivity index (χ4n) is 2.13. The Morgan fingerprint density at radius 1 is 1.24 bits per heavy atom. The number of anilines is 3. The molecule has 1 aliphatic rings. The molecule has 2 aromatic rings. The van der Waals surface area contributed by atoms with Gasteiger partial charge in [0.15, 0.2) is 0 Å². The van der Waals surface area contributed by atoms with Gasteiger partial charge in [0.25, 0.3) is 0 Å². The Labute approximate surface area is 126 Å². The summed E-state index contributed by atoms with van der Waals surface area (Å²) >= 11 is 6.06. The van der Waals surface area contributed by atoms with Gasteiger partial charge in [0, 0.05) is 0 Å². The number of benzene rings is 2. The van der Waals surface area contributed by atoms with E-state index in [0.29, 0.717) is 27.8 Å². The Kier molecular flexibility index (Phi) is 3.32. The third-order valence-electron chi connectivity index (χ3n) is 3.12. The SMILES string of the molecule is COc1ccc(N2C(=O)Nc3ccccc3N2O)cc1Cl. The number of fused-ring (bicyclic) bond motifs is 1. The van der Waals surface area contributed by atoms with Crippen LogP contribution in [-0.2, 0) is 0 Å². The summed E-state index contributed by atoms with van der Waals surface area (Å²) in [7, 11) is 1.50. The molecule has 3 rings (SSSR count). The van der Waals surface area contributed by atoms with Crippen molar-refractivity contribution in [3.8, 4) is 5.75 Å². The number of ether oxygens (including phenoxy) is 1. The molecule has 0 saturated carbocycles. The average Bonchev–Trinajstić information content (AvgIpc) is 2.47. The maximum absolute atomic E-state index is 12.2. The summed E-state index contributed by atoms with van der Waals surface area (Å²) in [6.07, 6.45) is 0. The highest BCUT2D eigenvalue weighted by atomic mass is 35.5. The molecule has 6 nitrogen and oxygen atoms in total. The lowest BCUT2D eigenvalue weighted by Crippen LogP contribution is -2.50. The number of hydrogen-bond acceptors (Lipinski definition) is 4. The minimum absolute atomic E-state index is 0.343. The maximum Gasteiger partial charge on any atom is 0.347 e. The molecule has 0 aliphatic carbocycles. The summed E-state index contributed by atoms with van der Waals surface area (Å²) in [6, 6.07) is 11.2. The summed E-state index contributed by atoms with van der Waals surface area (Å²) in [5.74, 6) is 0.489. The van der Waals surface area contributed by atoms with Gasteiger partial charge >= 0.3 is 6.03 Å². The Morgan fingerprint density at radius 3 is 2.71 bits per heavy atom. The smallest absolute Gasteiger partial charge is 0.347 e. The van der Waals surface area contributed by atoms with E-state index < -0.39 is 6.03 Å². The van der Waals surface area contributed by atoms with Gasteiger partial charge in [0.2, 0.25) is 0 Å². The second-order valence-corrected chi connectivity index (χ2v) is 4.77. The minimum atomic E-state index is -0.488. The van der Waals surface area contributed by atoms with E-state index >= 15 is 0 Å². The van der Waals surface area contributed by atoms with Gasteiger partial charge in [-0.3, -0.25) is 5.21 Å². The number of amides is 2. The number of carbonyl (C=O) groups is 1. The van der Waals surface area contributed by atoms with Gasteiger partial charge in [-0.15, -0.1) is 0 Å². The molecule has 0 fully saturated rings. The summed E-state index contributed by atoms with van der Waals surface area (Å²) in [5, 5.41) is 15.2. The van der Waals surface area contributed by atoms with Gasteiger partial charge < -0.3 is 10.1 Å². The summed E-state index contributed by atoms with van der Waals surface area (Å²) in [6.45, 7) is 0. The standard InChI is InChI=1S/C14H12ClN3O3/c1-21-13-7-6-9(8-10(13)15)17-14(19)16-11-4-2-3-5-12(11)18(17)20/h2-8,20H,1H3,(H,16,19). The lowest BCUT2D eigenvalue weighted by atomic mass is 10.2. The monoisotopic (exact) mass is 305 g/mol. The Morgan fingerprint density at radius 2 is 2.00 bits per heavy atom. The molecule has 2 aromatic carbocycles. The van der Waals surface area contributed by atoms with Gasteiger partial charge in [0.05, 0.1) is 23.5 Å². The van der Waals surface area contributed by atoms with Crippen LogP contribution in [0.4, 0.5) is 21.9 Å². The van der Waals surface area contributed by atoms with Crippen molar-refractivity contribution < 1.29 is 14.7 Å². The third-order valence-corrected chi connectivity index (χ3v) is 3.42. The Hall–Kier alpha value is -2.44. The van der Waals surface area contributed by atoms with E-state index in [1.165, 1.54) is 13.2 Å². The van der Waals surface area contributed by atoms with Crippen molar-refractivity contribution in [2.45, 2.75) is 0 Å². The Bertz CT molecular complexity index is 708. The highest BCUT2D eigenvalue weighted by molar-refractivity contribution is 6.32. The van der Waals surface area contributed by atoms with Crippen LogP contribution in [0.15, 0.2) is 42.5 Å². The third kappa shape index (κ3) is 2.24. The number of nitrogens with one attached hydrogen (secondary N) is 1. The number of halogens is 1. The van der Waals surface area contributed by atoms with Crippen LogP contribution >= 0.6 is 11.6 Å². The molecular weight excluding hydrogens is 294 g/mol. The van der Waals surface area contributed by atoms with E-state index in [9.17, 15) is 10.0 Å². The van der Waals surface area contributed by atoms with Crippen LogP contribution in [0.2, 0.25) is 5.02 Å². The lowest BCUT2D eigenvalue weighted by Gasteiger charge is -2.36. The Balaban J connectivity index is 2.03. The van der Waals surface area contributed by atoms with Crippen LogP contribution in [-0.4, -0.2) is 18.3 Å². The molecule has 108 valence electrons. The maximum atomic E-state index is 12.2. The predicted octanol–water partition coefficient (Wildman–Crippen LogP) is 3.51. The largest absolute Gasteiger partial charge is 0.495 e. The molecule has 2 amide bonds.